The molecular weight excluding hydrogens is 517 g/mol. The minimum atomic E-state index is 0.153. The summed E-state index contributed by atoms with van der Waals surface area (Å²) in [6, 6.07) is 0. The molecule has 0 saturated carbocycles. The van der Waals surface area contributed by atoms with Crippen molar-refractivity contribution in [3.8, 4) is 0 Å². The molecule has 0 bridgehead atoms. The van der Waals surface area contributed by atoms with Crippen LogP contribution in [-0.2, 0) is 14.2 Å². The van der Waals surface area contributed by atoms with E-state index in [4.69, 9.17) is 14.2 Å². The summed E-state index contributed by atoms with van der Waals surface area (Å²) in [7, 11) is 5.94. The van der Waals surface area contributed by atoms with Crippen molar-refractivity contribution in [3.05, 3.63) is 0 Å². The minimum Gasteiger partial charge on any atom is -0.381 e. The fourth-order valence-corrected chi connectivity index (χ4v) is 8.69. The molecule has 7 nitrogen and oxygen atoms in total. The molecule has 2 aliphatic heterocycles. The van der Waals surface area contributed by atoms with Crippen LogP contribution in [0.2, 0.25) is 0 Å². The van der Waals surface area contributed by atoms with Gasteiger partial charge in [-0.1, -0.05) is 21.6 Å². The maximum Gasteiger partial charge on any atom is 0.271 e. The van der Waals surface area contributed by atoms with E-state index < -0.39 is 0 Å². The van der Waals surface area contributed by atoms with Gasteiger partial charge in [-0.05, 0) is 47.3 Å². The molecular formula is C18H32N2O5S6. The standard InChI is InChI=1S/C18H32N2O5S6/c21-17(28-19-5-11-24-12-6-19)30-26-15-3-1-9-23-10-2-4-16-27-31-18(22)29-20-7-13-25-14-8-20/h1-16H2. The molecule has 0 spiro atoms. The smallest absolute Gasteiger partial charge is 0.271 e. The molecule has 0 amide bonds. The van der Waals surface area contributed by atoms with Crippen molar-refractivity contribution >= 4 is 76.0 Å². The van der Waals surface area contributed by atoms with Crippen LogP contribution in [0.25, 0.3) is 0 Å². The molecule has 0 radical (unpaired) electrons. The van der Waals surface area contributed by atoms with E-state index >= 15 is 0 Å². The molecule has 31 heavy (non-hydrogen) atoms. The maximum atomic E-state index is 11.9. The molecule has 0 aromatic carbocycles. The van der Waals surface area contributed by atoms with Crippen molar-refractivity contribution in [1.29, 1.82) is 0 Å². The fraction of sp³-hybridized carbons (Fsp3) is 0.889. The van der Waals surface area contributed by atoms with Crippen LogP contribution in [0.3, 0.4) is 0 Å². The first-order valence-electron chi connectivity index (χ1n) is 10.5. The second-order valence-electron chi connectivity index (χ2n) is 6.60. The molecule has 0 atom stereocenters. The molecule has 180 valence electrons. The number of hydrogen-bond donors (Lipinski definition) is 0. The average molecular weight is 549 g/mol. The highest BCUT2D eigenvalue weighted by Crippen LogP contribution is 2.32. The topological polar surface area (TPSA) is 68.3 Å². The van der Waals surface area contributed by atoms with Gasteiger partial charge in [-0.15, -0.1) is 0 Å². The van der Waals surface area contributed by atoms with E-state index in [1.165, 1.54) is 45.5 Å². The Morgan fingerprint density at radius 3 is 1.52 bits per heavy atom. The van der Waals surface area contributed by atoms with Crippen LogP contribution in [0.1, 0.15) is 25.7 Å². The highest BCUT2D eigenvalue weighted by molar-refractivity contribution is 8.86. The summed E-state index contributed by atoms with van der Waals surface area (Å²) in [6.07, 6.45) is 4.16. The first kappa shape index (κ1) is 28.5. The van der Waals surface area contributed by atoms with Gasteiger partial charge in [0.05, 0.1) is 26.4 Å². The molecule has 2 fully saturated rings. The monoisotopic (exact) mass is 548 g/mol. The van der Waals surface area contributed by atoms with Crippen LogP contribution in [0.4, 0.5) is 9.59 Å². The van der Waals surface area contributed by atoms with E-state index in [0.29, 0.717) is 26.4 Å². The number of hydrogen-bond acceptors (Lipinski definition) is 13. The van der Waals surface area contributed by atoms with Gasteiger partial charge in [-0.25, -0.2) is 8.61 Å². The quantitative estimate of drug-likeness (QED) is 0.155. The number of nitrogens with zero attached hydrogens (tertiary/aromatic N) is 2. The summed E-state index contributed by atoms with van der Waals surface area (Å²) in [5.41, 5.74) is 0. The summed E-state index contributed by atoms with van der Waals surface area (Å²) < 4.78 is 20.7. The van der Waals surface area contributed by atoms with Gasteiger partial charge in [0.1, 0.15) is 0 Å². The van der Waals surface area contributed by atoms with Crippen LogP contribution >= 0.6 is 67.1 Å². The Kier molecular flexibility index (Phi) is 17.9. The second kappa shape index (κ2) is 19.5. The molecule has 2 heterocycles. The lowest BCUT2D eigenvalue weighted by atomic mass is 10.3. The van der Waals surface area contributed by atoms with Crippen molar-refractivity contribution in [2.75, 3.05) is 77.3 Å². The summed E-state index contributed by atoms with van der Waals surface area (Å²) >= 11 is 2.63. The normalized spacial score (nSPS) is 18.3. The van der Waals surface area contributed by atoms with E-state index in [0.717, 1.165) is 76.6 Å². The Balaban J connectivity index is 1.27. The number of rotatable bonds is 14. The average Bonchev–Trinajstić information content (AvgIpc) is 2.78. The number of morpholine rings is 2. The third kappa shape index (κ3) is 15.7. The van der Waals surface area contributed by atoms with E-state index in [1.54, 1.807) is 21.6 Å². The summed E-state index contributed by atoms with van der Waals surface area (Å²) in [6.45, 7) is 7.69. The Labute approximate surface area is 210 Å². The number of carbonyl (C=O) groups excluding carboxylic acids is 2. The SMILES string of the molecule is O=C(SSCCCCOCCCCSSC(=O)SN1CCOCC1)SN1CCOCC1. The Hall–Kier alpha value is 1.24. The molecule has 0 aromatic heterocycles. The zero-order chi connectivity index (χ0) is 22.0. The van der Waals surface area contributed by atoms with Gasteiger partial charge < -0.3 is 14.2 Å². The van der Waals surface area contributed by atoms with Crippen molar-refractivity contribution in [1.82, 2.24) is 8.61 Å². The van der Waals surface area contributed by atoms with Gasteiger partial charge in [0.15, 0.2) is 0 Å². The van der Waals surface area contributed by atoms with E-state index in [9.17, 15) is 9.59 Å². The lowest BCUT2D eigenvalue weighted by molar-refractivity contribution is 0.0775. The molecule has 0 N–H and O–H groups in total. The van der Waals surface area contributed by atoms with Crippen molar-refractivity contribution in [2.45, 2.75) is 25.7 Å². The Bertz CT molecular complexity index is 454. The predicted molar refractivity (Wildman–Crippen MR) is 140 cm³/mol. The molecule has 0 aliphatic carbocycles. The molecule has 2 saturated heterocycles. The molecule has 2 rings (SSSR count). The van der Waals surface area contributed by atoms with Gasteiger partial charge >= 0.3 is 0 Å². The van der Waals surface area contributed by atoms with Gasteiger partial charge in [0, 0.05) is 74.8 Å². The van der Waals surface area contributed by atoms with Crippen LogP contribution in [0, 0.1) is 0 Å². The number of unbranched alkanes of at least 4 members (excludes halogenated alkanes) is 2. The highest BCUT2D eigenvalue weighted by Gasteiger charge is 2.16. The maximum absolute atomic E-state index is 11.9. The predicted octanol–water partition coefficient (Wildman–Crippen LogP) is 5.53. The van der Waals surface area contributed by atoms with Gasteiger partial charge in [-0.3, -0.25) is 9.59 Å². The van der Waals surface area contributed by atoms with Crippen LogP contribution in [0.15, 0.2) is 0 Å². The number of carbonyl (C=O) groups is 2. The third-order valence-electron chi connectivity index (χ3n) is 4.13. The summed E-state index contributed by atoms with van der Waals surface area (Å²) in [4.78, 5) is 23.8. The van der Waals surface area contributed by atoms with E-state index in [2.05, 4.69) is 8.61 Å². The zero-order valence-corrected chi connectivity index (χ0v) is 22.6. The minimum absolute atomic E-state index is 0.153. The van der Waals surface area contributed by atoms with E-state index in [-0.39, 0.29) is 8.89 Å². The van der Waals surface area contributed by atoms with Crippen molar-refractivity contribution in [2.24, 2.45) is 0 Å². The lowest BCUT2D eigenvalue weighted by Crippen LogP contribution is -2.31. The number of ether oxygens (including phenoxy) is 3. The van der Waals surface area contributed by atoms with Gasteiger partial charge in [-0.2, -0.15) is 0 Å². The van der Waals surface area contributed by atoms with Crippen LogP contribution < -0.4 is 0 Å². The second-order valence-corrected chi connectivity index (χ2v) is 14.0. The largest absolute Gasteiger partial charge is 0.381 e. The van der Waals surface area contributed by atoms with Crippen molar-refractivity contribution < 1.29 is 23.8 Å². The Morgan fingerprint density at radius 1 is 0.677 bits per heavy atom. The van der Waals surface area contributed by atoms with Gasteiger partial charge in [0.25, 0.3) is 8.89 Å². The first-order chi connectivity index (χ1) is 15.2. The molecule has 13 heteroatoms. The van der Waals surface area contributed by atoms with Crippen molar-refractivity contribution in [3.63, 3.8) is 0 Å². The third-order valence-corrected chi connectivity index (χ3v) is 11.3. The van der Waals surface area contributed by atoms with Crippen LogP contribution in [0.5, 0.6) is 0 Å². The summed E-state index contributed by atoms with van der Waals surface area (Å²) in [5, 5.41) is 0. The Morgan fingerprint density at radius 2 is 1.10 bits per heavy atom. The molecule has 0 unspecified atom stereocenters. The first-order valence-corrected chi connectivity index (χ1v) is 16.7. The highest BCUT2D eigenvalue weighted by atomic mass is 33.1. The fourth-order valence-electron chi connectivity index (χ4n) is 2.53. The van der Waals surface area contributed by atoms with E-state index in [1.807, 2.05) is 0 Å². The molecule has 2 aliphatic rings. The summed E-state index contributed by atoms with van der Waals surface area (Å²) in [5.74, 6) is 1.93. The zero-order valence-electron chi connectivity index (χ0n) is 17.7. The lowest BCUT2D eigenvalue weighted by Gasteiger charge is -2.23. The molecule has 0 aromatic rings. The van der Waals surface area contributed by atoms with Gasteiger partial charge in [0.2, 0.25) is 0 Å². The van der Waals surface area contributed by atoms with Crippen LogP contribution in [-0.4, -0.2) is 94.8 Å².